The van der Waals surface area contributed by atoms with Crippen molar-refractivity contribution in [2.45, 2.75) is 12.8 Å². The summed E-state index contributed by atoms with van der Waals surface area (Å²) in [6.45, 7) is 0.674. The van der Waals surface area contributed by atoms with Gasteiger partial charge in [-0.1, -0.05) is 23.2 Å². The smallest absolute Gasteiger partial charge is 0.239 e. The maximum atomic E-state index is 5.99. The van der Waals surface area contributed by atoms with E-state index in [1.165, 1.54) is 12.8 Å². The highest BCUT2D eigenvalue weighted by Gasteiger charge is 2.22. The van der Waals surface area contributed by atoms with Crippen LogP contribution in [0.15, 0.2) is 30.3 Å². The van der Waals surface area contributed by atoms with Gasteiger partial charge in [0.15, 0.2) is 0 Å². The Balaban J connectivity index is 1.74. The minimum atomic E-state index is 0.465. The second-order valence-electron chi connectivity index (χ2n) is 5.10. The summed E-state index contributed by atoms with van der Waals surface area (Å²) in [6, 6.07) is 8.87. The first kappa shape index (κ1) is 14.3. The molecule has 0 atom stereocenters. The van der Waals surface area contributed by atoms with Crippen molar-refractivity contribution in [3.05, 3.63) is 40.4 Å². The molecular weight excluding hydrogens is 309 g/mol. The van der Waals surface area contributed by atoms with E-state index in [1.54, 1.807) is 24.3 Å². The van der Waals surface area contributed by atoms with Gasteiger partial charge in [0.25, 0.3) is 0 Å². The Labute approximate surface area is 133 Å². The van der Waals surface area contributed by atoms with Crippen LogP contribution in [0.4, 0.5) is 17.2 Å². The summed E-state index contributed by atoms with van der Waals surface area (Å²) in [7, 11) is 0. The number of aromatic nitrogens is 1. The standard InChI is InChI=1S/C15H15Cl2N3O/c16-11-4-3-10(7-12(11)17)19-14-6-5-13(18)15(20-14)21-8-9-1-2-9/h3-7,9H,1-2,8,18H2,(H,19,20). The van der Waals surface area contributed by atoms with Gasteiger partial charge in [-0.2, -0.15) is 4.98 Å². The zero-order valence-electron chi connectivity index (χ0n) is 11.3. The summed E-state index contributed by atoms with van der Waals surface area (Å²) in [5, 5.41) is 4.16. The minimum Gasteiger partial charge on any atom is -0.476 e. The molecule has 4 nitrogen and oxygen atoms in total. The summed E-state index contributed by atoms with van der Waals surface area (Å²) in [6.07, 6.45) is 2.45. The number of nitrogens with one attached hydrogen (secondary N) is 1. The Morgan fingerprint density at radius 1 is 1.19 bits per heavy atom. The first-order valence-electron chi connectivity index (χ1n) is 6.73. The molecular formula is C15H15Cl2N3O. The average molecular weight is 324 g/mol. The third-order valence-electron chi connectivity index (χ3n) is 3.23. The monoisotopic (exact) mass is 323 g/mol. The quantitative estimate of drug-likeness (QED) is 0.850. The second-order valence-corrected chi connectivity index (χ2v) is 5.91. The molecule has 1 aliphatic carbocycles. The van der Waals surface area contributed by atoms with E-state index in [2.05, 4.69) is 10.3 Å². The zero-order valence-corrected chi connectivity index (χ0v) is 12.8. The number of anilines is 3. The normalized spacial score (nSPS) is 14.0. The lowest BCUT2D eigenvalue weighted by molar-refractivity contribution is 0.290. The number of rotatable bonds is 5. The third kappa shape index (κ3) is 3.71. The lowest BCUT2D eigenvalue weighted by Crippen LogP contribution is -2.05. The van der Waals surface area contributed by atoms with Crippen LogP contribution in [0.2, 0.25) is 10.0 Å². The number of nitrogen functional groups attached to an aromatic ring is 1. The fourth-order valence-electron chi connectivity index (χ4n) is 1.84. The van der Waals surface area contributed by atoms with E-state index < -0.39 is 0 Å². The summed E-state index contributed by atoms with van der Waals surface area (Å²) in [5.74, 6) is 1.76. The molecule has 0 saturated heterocycles. The van der Waals surface area contributed by atoms with Crippen LogP contribution in [0.25, 0.3) is 0 Å². The van der Waals surface area contributed by atoms with Crippen molar-refractivity contribution in [1.29, 1.82) is 0 Å². The molecule has 3 rings (SSSR count). The SMILES string of the molecule is Nc1ccc(Nc2ccc(Cl)c(Cl)c2)nc1OCC1CC1. The largest absolute Gasteiger partial charge is 0.476 e. The van der Waals surface area contributed by atoms with Crippen LogP contribution < -0.4 is 15.8 Å². The number of nitrogens with zero attached hydrogens (tertiary/aromatic N) is 1. The lowest BCUT2D eigenvalue weighted by atomic mass is 10.3. The summed E-state index contributed by atoms with van der Waals surface area (Å²) in [5.41, 5.74) is 7.22. The van der Waals surface area contributed by atoms with E-state index in [-0.39, 0.29) is 0 Å². The molecule has 0 unspecified atom stereocenters. The molecule has 1 aromatic heterocycles. The molecule has 1 aromatic carbocycles. The molecule has 3 N–H and O–H groups in total. The van der Waals surface area contributed by atoms with Crippen molar-refractivity contribution in [2.75, 3.05) is 17.7 Å². The van der Waals surface area contributed by atoms with E-state index in [4.69, 9.17) is 33.7 Å². The second kappa shape index (κ2) is 6.00. The molecule has 1 heterocycles. The van der Waals surface area contributed by atoms with Crippen molar-refractivity contribution in [2.24, 2.45) is 5.92 Å². The van der Waals surface area contributed by atoms with Crippen molar-refractivity contribution in [1.82, 2.24) is 4.98 Å². The zero-order chi connectivity index (χ0) is 14.8. The van der Waals surface area contributed by atoms with E-state index in [0.29, 0.717) is 40.0 Å². The molecule has 6 heteroatoms. The average Bonchev–Trinajstić information content (AvgIpc) is 3.28. The van der Waals surface area contributed by atoms with E-state index in [1.807, 2.05) is 6.07 Å². The number of nitrogens with two attached hydrogens (primary N) is 1. The molecule has 2 aromatic rings. The topological polar surface area (TPSA) is 60.2 Å². The Morgan fingerprint density at radius 3 is 2.71 bits per heavy atom. The fraction of sp³-hybridized carbons (Fsp3) is 0.267. The number of hydrogen-bond acceptors (Lipinski definition) is 4. The molecule has 21 heavy (non-hydrogen) atoms. The number of ether oxygens (including phenoxy) is 1. The fourth-order valence-corrected chi connectivity index (χ4v) is 2.14. The van der Waals surface area contributed by atoms with Crippen molar-refractivity contribution in [3.63, 3.8) is 0 Å². The van der Waals surface area contributed by atoms with Crippen LogP contribution in [-0.4, -0.2) is 11.6 Å². The van der Waals surface area contributed by atoms with Gasteiger partial charge in [0, 0.05) is 5.69 Å². The summed E-state index contributed by atoms with van der Waals surface area (Å²) >= 11 is 11.9. The van der Waals surface area contributed by atoms with Crippen molar-refractivity contribution >= 4 is 40.4 Å². The van der Waals surface area contributed by atoms with Gasteiger partial charge < -0.3 is 15.8 Å². The summed E-state index contributed by atoms with van der Waals surface area (Å²) < 4.78 is 5.66. The molecule has 1 aliphatic rings. The molecule has 0 radical (unpaired) electrons. The molecule has 1 saturated carbocycles. The van der Waals surface area contributed by atoms with Gasteiger partial charge in [0.05, 0.1) is 22.3 Å². The molecule has 0 spiro atoms. The maximum absolute atomic E-state index is 5.99. The summed E-state index contributed by atoms with van der Waals surface area (Å²) in [4.78, 5) is 4.38. The van der Waals surface area contributed by atoms with Crippen LogP contribution in [0.5, 0.6) is 5.88 Å². The van der Waals surface area contributed by atoms with Crippen LogP contribution >= 0.6 is 23.2 Å². The molecule has 0 bridgehead atoms. The molecule has 0 aliphatic heterocycles. The number of hydrogen-bond donors (Lipinski definition) is 2. The number of pyridine rings is 1. The maximum Gasteiger partial charge on any atom is 0.239 e. The predicted molar refractivity (Wildman–Crippen MR) is 86.6 cm³/mol. The van der Waals surface area contributed by atoms with Crippen LogP contribution in [0, 0.1) is 5.92 Å². The first-order chi connectivity index (χ1) is 10.1. The number of halogens is 2. The molecule has 110 valence electrons. The minimum absolute atomic E-state index is 0.465. The van der Waals surface area contributed by atoms with Crippen LogP contribution in [-0.2, 0) is 0 Å². The van der Waals surface area contributed by atoms with Gasteiger partial charge in [0.1, 0.15) is 5.82 Å². The highest BCUT2D eigenvalue weighted by Crippen LogP contribution is 2.31. The van der Waals surface area contributed by atoms with Crippen molar-refractivity contribution in [3.8, 4) is 5.88 Å². The highest BCUT2D eigenvalue weighted by atomic mass is 35.5. The predicted octanol–water partition coefficient (Wildman–Crippen LogP) is 4.50. The van der Waals surface area contributed by atoms with Crippen LogP contribution in [0.3, 0.4) is 0 Å². The molecule has 0 amide bonds. The Morgan fingerprint density at radius 2 is 2.00 bits per heavy atom. The van der Waals surface area contributed by atoms with Gasteiger partial charge in [-0.05, 0) is 49.1 Å². The Bertz CT molecular complexity index is 659. The van der Waals surface area contributed by atoms with E-state index in [0.717, 1.165) is 5.69 Å². The lowest BCUT2D eigenvalue weighted by Gasteiger charge is -2.11. The van der Waals surface area contributed by atoms with Gasteiger partial charge in [-0.15, -0.1) is 0 Å². The Hall–Kier alpha value is -1.65. The van der Waals surface area contributed by atoms with Crippen LogP contribution in [0.1, 0.15) is 12.8 Å². The van der Waals surface area contributed by atoms with E-state index in [9.17, 15) is 0 Å². The Kier molecular flexibility index (Phi) is 4.08. The van der Waals surface area contributed by atoms with E-state index >= 15 is 0 Å². The van der Waals surface area contributed by atoms with Gasteiger partial charge in [0.2, 0.25) is 5.88 Å². The van der Waals surface area contributed by atoms with Gasteiger partial charge in [-0.3, -0.25) is 0 Å². The van der Waals surface area contributed by atoms with Gasteiger partial charge in [-0.25, -0.2) is 0 Å². The molecule has 1 fully saturated rings. The van der Waals surface area contributed by atoms with Crippen molar-refractivity contribution < 1.29 is 4.74 Å². The van der Waals surface area contributed by atoms with Gasteiger partial charge >= 0.3 is 0 Å². The third-order valence-corrected chi connectivity index (χ3v) is 3.97. The highest BCUT2D eigenvalue weighted by molar-refractivity contribution is 6.42. The first-order valence-corrected chi connectivity index (χ1v) is 7.49. The number of benzene rings is 1.